The molecule has 0 aromatic heterocycles. The monoisotopic (exact) mass is 283 g/mol. The summed E-state index contributed by atoms with van der Waals surface area (Å²) in [5, 5.41) is 11.3. The molecule has 0 aromatic rings. The lowest BCUT2D eigenvalue weighted by atomic mass is 9.74. The molecule has 8 heteroatoms. The molecule has 110 valence electrons. The second-order valence-electron chi connectivity index (χ2n) is 4.69. The van der Waals surface area contributed by atoms with Crippen molar-refractivity contribution in [2.45, 2.75) is 38.3 Å². The van der Waals surface area contributed by atoms with Crippen LogP contribution in [0.25, 0.3) is 0 Å². The summed E-state index contributed by atoms with van der Waals surface area (Å²) in [6.45, 7) is -1.89. The fraction of sp³-hybridized carbons (Fsp3) is 0.818. The maximum absolute atomic E-state index is 11.8. The highest BCUT2D eigenvalue weighted by Crippen LogP contribution is 2.36. The van der Waals surface area contributed by atoms with Crippen molar-refractivity contribution in [3.8, 4) is 0 Å². The van der Waals surface area contributed by atoms with E-state index in [0.29, 0.717) is 12.8 Å². The first-order valence-electron chi connectivity index (χ1n) is 5.96. The molecular weight excluding hydrogens is 267 g/mol. The van der Waals surface area contributed by atoms with E-state index in [4.69, 9.17) is 0 Å². The topological polar surface area (TPSA) is 75.6 Å². The average Bonchev–Trinajstić information content (AvgIpc) is 2.34. The second-order valence-corrected chi connectivity index (χ2v) is 4.69. The number of carboxylic acids is 1. The lowest BCUT2D eigenvalue weighted by molar-refractivity contribution is -0.161. The number of halogens is 3. The third-order valence-corrected chi connectivity index (χ3v) is 3.20. The molecule has 0 saturated heterocycles. The number of hydrogen-bond acceptors (Lipinski definition) is 3. The van der Waals surface area contributed by atoms with Gasteiger partial charge < -0.3 is 15.2 Å². The highest BCUT2D eigenvalue weighted by molar-refractivity contribution is 5.76. The number of carboxylic acid groups (broad SMARTS) is 1. The first kappa shape index (κ1) is 15.6. The Morgan fingerprint density at radius 1 is 1.21 bits per heavy atom. The molecule has 1 saturated carbocycles. The Bertz CT molecular complexity index is 337. The second kappa shape index (κ2) is 6.12. The van der Waals surface area contributed by atoms with Crippen LogP contribution in [0.3, 0.4) is 0 Å². The van der Waals surface area contributed by atoms with Crippen molar-refractivity contribution in [3.05, 3.63) is 0 Å². The smallest absolute Gasteiger partial charge is 0.422 e. The summed E-state index contributed by atoms with van der Waals surface area (Å²) in [4.78, 5) is 22.3. The quantitative estimate of drug-likeness (QED) is 0.830. The van der Waals surface area contributed by atoms with E-state index in [2.05, 4.69) is 10.1 Å². The molecule has 1 amide bonds. The Balaban J connectivity index is 2.44. The molecule has 1 fully saturated rings. The lowest BCUT2D eigenvalue weighted by Crippen LogP contribution is -2.44. The molecule has 1 rings (SSSR count). The Labute approximate surface area is 108 Å². The normalized spacial score (nSPS) is 18.7. The Hall–Kier alpha value is -1.47. The minimum atomic E-state index is -4.59. The highest BCUT2D eigenvalue weighted by atomic mass is 19.4. The zero-order chi connectivity index (χ0) is 14.5. The van der Waals surface area contributed by atoms with Gasteiger partial charge in [-0.2, -0.15) is 13.2 Å². The summed E-state index contributed by atoms with van der Waals surface area (Å²) in [6.07, 6.45) is -2.65. The van der Waals surface area contributed by atoms with Gasteiger partial charge in [0.05, 0.1) is 5.41 Å². The van der Waals surface area contributed by atoms with Gasteiger partial charge in [-0.3, -0.25) is 4.79 Å². The molecule has 0 heterocycles. The Kier molecular flexibility index (Phi) is 5.02. The van der Waals surface area contributed by atoms with Crippen LogP contribution in [0.5, 0.6) is 0 Å². The number of aliphatic carboxylic acids is 1. The molecule has 0 unspecified atom stereocenters. The van der Waals surface area contributed by atoms with Crippen molar-refractivity contribution in [3.63, 3.8) is 0 Å². The molecule has 2 N–H and O–H groups in total. The van der Waals surface area contributed by atoms with Crippen LogP contribution in [-0.4, -0.2) is 36.5 Å². The summed E-state index contributed by atoms with van der Waals surface area (Å²) >= 11 is 0. The number of ether oxygens (including phenoxy) is 1. The number of amides is 1. The zero-order valence-electron chi connectivity index (χ0n) is 10.3. The first-order valence-corrected chi connectivity index (χ1v) is 5.96. The largest absolute Gasteiger partial charge is 0.481 e. The van der Waals surface area contributed by atoms with Gasteiger partial charge in [0.2, 0.25) is 0 Å². The van der Waals surface area contributed by atoms with Gasteiger partial charge in [-0.25, -0.2) is 4.79 Å². The van der Waals surface area contributed by atoms with E-state index >= 15 is 0 Å². The third-order valence-electron chi connectivity index (χ3n) is 3.20. The van der Waals surface area contributed by atoms with Crippen molar-refractivity contribution < 1.29 is 32.6 Å². The van der Waals surface area contributed by atoms with Crippen molar-refractivity contribution in [2.75, 3.05) is 13.2 Å². The predicted molar refractivity (Wildman–Crippen MR) is 58.6 cm³/mol. The van der Waals surface area contributed by atoms with Crippen LogP contribution in [-0.2, 0) is 9.53 Å². The Morgan fingerprint density at radius 2 is 1.79 bits per heavy atom. The summed E-state index contributed by atoms with van der Waals surface area (Å²) in [6, 6.07) is 0. The number of hydrogen-bond donors (Lipinski definition) is 2. The first-order chi connectivity index (χ1) is 8.75. The SMILES string of the molecule is O=C(NCC1(C(=O)O)CCCCC1)OCC(F)(F)F. The molecule has 1 aliphatic rings. The maximum Gasteiger partial charge on any atom is 0.422 e. The van der Waals surface area contributed by atoms with Crippen LogP contribution in [0, 0.1) is 5.41 Å². The van der Waals surface area contributed by atoms with Crippen LogP contribution in [0.1, 0.15) is 32.1 Å². The number of alkyl halides is 3. The number of alkyl carbamates (subject to hydrolysis) is 1. The van der Waals surface area contributed by atoms with Gasteiger partial charge in [0, 0.05) is 6.54 Å². The van der Waals surface area contributed by atoms with E-state index < -0.39 is 30.3 Å². The Morgan fingerprint density at radius 3 is 2.26 bits per heavy atom. The van der Waals surface area contributed by atoms with Gasteiger partial charge in [0.25, 0.3) is 0 Å². The number of carbonyl (C=O) groups excluding carboxylic acids is 1. The van der Waals surface area contributed by atoms with Gasteiger partial charge in [0.15, 0.2) is 6.61 Å². The van der Waals surface area contributed by atoms with Crippen molar-refractivity contribution in [2.24, 2.45) is 5.41 Å². The van der Waals surface area contributed by atoms with E-state index in [0.717, 1.165) is 19.3 Å². The van der Waals surface area contributed by atoms with Crippen LogP contribution in [0.4, 0.5) is 18.0 Å². The van der Waals surface area contributed by atoms with E-state index in [9.17, 15) is 27.9 Å². The van der Waals surface area contributed by atoms with Gasteiger partial charge in [-0.1, -0.05) is 19.3 Å². The number of rotatable bonds is 4. The molecule has 0 radical (unpaired) electrons. The number of nitrogens with one attached hydrogen (secondary N) is 1. The van der Waals surface area contributed by atoms with Crippen LogP contribution in [0.15, 0.2) is 0 Å². The standard InChI is InChI=1S/C11H16F3NO4/c12-11(13,14)7-19-9(18)15-6-10(8(16)17)4-2-1-3-5-10/h1-7H2,(H,15,18)(H,16,17). The molecular formula is C11H16F3NO4. The molecule has 5 nitrogen and oxygen atoms in total. The third kappa shape index (κ3) is 4.96. The maximum atomic E-state index is 11.8. The summed E-state index contributed by atoms with van der Waals surface area (Å²) in [7, 11) is 0. The van der Waals surface area contributed by atoms with Gasteiger partial charge >= 0.3 is 18.2 Å². The summed E-state index contributed by atoms with van der Waals surface area (Å²) < 4.78 is 39.4. The zero-order valence-corrected chi connectivity index (χ0v) is 10.3. The van der Waals surface area contributed by atoms with E-state index in [-0.39, 0.29) is 6.54 Å². The summed E-state index contributed by atoms with van der Waals surface area (Å²) in [5.41, 5.74) is -1.09. The fourth-order valence-corrected chi connectivity index (χ4v) is 2.13. The molecule has 0 aromatic carbocycles. The van der Waals surface area contributed by atoms with Gasteiger partial charge in [-0.05, 0) is 12.8 Å². The van der Waals surface area contributed by atoms with Crippen LogP contribution in [0.2, 0.25) is 0 Å². The van der Waals surface area contributed by atoms with Crippen molar-refractivity contribution in [1.82, 2.24) is 5.32 Å². The van der Waals surface area contributed by atoms with E-state index in [1.54, 1.807) is 0 Å². The predicted octanol–water partition coefficient (Wildman–Crippen LogP) is 2.31. The molecule has 1 aliphatic carbocycles. The molecule has 0 spiro atoms. The minimum absolute atomic E-state index is 0.209. The minimum Gasteiger partial charge on any atom is -0.481 e. The van der Waals surface area contributed by atoms with Crippen LogP contribution < -0.4 is 5.32 Å². The average molecular weight is 283 g/mol. The van der Waals surface area contributed by atoms with Crippen LogP contribution >= 0.6 is 0 Å². The summed E-state index contributed by atoms with van der Waals surface area (Å²) in [5.74, 6) is -1.04. The molecule has 19 heavy (non-hydrogen) atoms. The van der Waals surface area contributed by atoms with E-state index in [1.807, 2.05) is 0 Å². The van der Waals surface area contributed by atoms with Gasteiger partial charge in [-0.15, -0.1) is 0 Å². The van der Waals surface area contributed by atoms with Crippen molar-refractivity contribution in [1.29, 1.82) is 0 Å². The lowest BCUT2D eigenvalue weighted by Gasteiger charge is -2.32. The van der Waals surface area contributed by atoms with Gasteiger partial charge in [0.1, 0.15) is 0 Å². The molecule has 0 aliphatic heterocycles. The van der Waals surface area contributed by atoms with E-state index in [1.165, 1.54) is 0 Å². The fourth-order valence-electron chi connectivity index (χ4n) is 2.13. The molecule has 0 bridgehead atoms. The van der Waals surface area contributed by atoms with Crippen molar-refractivity contribution >= 4 is 12.1 Å². The highest BCUT2D eigenvalue weighted by Gasteiger charge is 2.40. The molecule has 0 atom stereocenters. The number of carbonyl (C=O) groups is 2.